The summed E-state index contributed by atoms with van der Waals surface area (Å²) < 4.78 is 0. The van der Waals surface area contributed by atoms with E-state index in [1.54, 1.807) is 6.20 Å². The van der Waals surface area contributed by atoms with E-state index in [4.69, 9.17) is 0 Å². The Morgan fingerprint density at radius 1 is 1.18 bits per heavy atom. The normalized spacial score (nSPS) is 21.8. The van der Waals surface area contributed by atoms with Crippen LogP contribution in [0.2, 0.25) is 0 Å². The first-order valence-electron chi connectivity index (χ1n) is 8.24. The molecule has 2 aliphatic heterocycles. The fourth-order valence-corrected chi connectivity index (χ4v) is 3.30. The first kappa shape index (κ1) is 15.2. The standard InChI is InChI=1S/C16H25N5O/c1-20-9-6-14(7-10-20)18-16(22)13-4-11-21(12-5-13)15-3-2-8-17-19-15/h2-3,8,13-14H,4-7,9-12H2,1H3,(H,18,22). The average Bonchev–Trinajstić information content (AvgIpc) is 2.58. The van der Waals surface area contributed by atoms with Crippen molar-refractivity contribution < 1.29 is 4.79 Å². The monoisotopic (exact) mass is 303 g/mol. The van der Waals surface area contributed by atoms with Crippen molar-refractivity contribution in [2.45, 2.75) is 31.7 Å². The SMILES string of the molecule is CN1CCC(NC(=O)C2CCN(c3cccnn3)CC2)CC1. The van der Waals surface area contributed by atoms with Crippen molar-refractivity contribution >= 4 is 11.7 Å². The maximum absolute atomic E-state index is 12.4. The lowest BCUT2D eigenvalue weighted by atomic mass is 9.94. The van der Waals surface area contributed by atoms with Crippen LogP contribution in [0.5, 0.6) is 0 Å². The molecule has 120 valence electrons. The summed E-state index contributed by atoms with van der Waals surface area (Å²) in [5.74, 6) is 1.30. The lowest BCUT2D eigenvalue weighted by Gasteiger charge is -2.34. The van der Waals surface area contributed by atoms with E-state index in [0.717, 1.165) is 57.7 Å². The van der Waals surface area contributed by atoms with Crippen LogP contribution in [0.1, 0.15) is 25.7 Å². The number of nitrogens with zero attached hydrogens (tertiary/aromatic N) is 4. The van der Waals surface area contributed by atoms with E-state index in [-0.39, 0.29) is 11.8 Å². The van der Waals surface area contributed by atoms with Gasteiger partial charge in [0, 0.05) is 31.2 Å². The lowest BCUT2D eigenvalue weighted by Crippen LogP contribution is -2.47. The predicted molar refractivity (Wildman–Crippen MR) is 85.6 cm³/mol. The van der Waals surface area contributed by atoms with Crippen LogP contribution in [0, 0.1) is 5.92 Å². The second kappa shape index (κ2) is 7.05. The van der Waals surface area contributed by atoms with Gasteiger partial charge in [0.15, 0.2) is 5.82 Å². The third kappa shape index (κ3) is 3.74. The number of hydrogen-bond donors (Lipinski definition) is 1. The first-order valence-corrected chi connectivity index (χ1v) is 8.24. The quantitative estimate of drug-likeness (QED) is 0.899. The summed E-state index contributed by atoms with van der Waals surface area (Å²) in [6, 6.07) is 4.24. The number of likely N-dealkylation sites (tertiary alicyclic amines) is 1. The molecular weight excluding hydrogens is 278 g/mol. The number of piperidine rings is 2. The Morgan fingerprint density at radius 3 is 2.55 bits per heavy atom. The second-order valence-electron chi connectivity index (χ2n) is 6.43. The smallest absolute Gasteiger partial charge is 0.223 e. The van der Waals surface area contributed by atoms with Gasteiger partial charge >= 0.3 is 0 Å². The average molecular weight is 303 g/mol. The van der Waals surface area contributed by atoms with Gasteiger partial charge in [-0.15, -0.1) is 5.10 Å². The van der Waals surface area contributed by atoms with Gasteiger partial charge in [0.2, 0.25) is 5.91 Å². The van der Waals surface area contributed by atoms with E-state index in [9.17, 15) is 4.79 Å². The summed E-state index contributed by atoms with van der Waals surface area (Å²) in [4.78, 5) is 17.0. The molecule has 0 aromatic carbocycles. The Morgan fingerprint density at radius 2 is 1.91 bits per heavy atom. The molecule has 22 heavy (non-hydrogen) atoms. The van der Waals surface area contributed by atoms with Crippen LogP contribution in [0.4, 0.5) is 5.82 Å². The van der Waals surface area contributed by atoms with E-state index < -0.39 is 0 Å². The molecule has 0 saturated carbocycles. The third-order valence-electron chi connectivity index (χ3n) is 4.81. The molecule has 1 N–H and O–H groups in total. The highest BCUT2D eigenvalue weighted by Gasteiger charge is 2.27. The van der Waals surface area contributed by atoms with Crippen LogP contribution in [-0.4, -0.2) is 60.3 Å². The van der Waals surface area contributed by atoms with E-state index in [0.29, 0.717) is 6.04 Å². The van der Waals surface area contributed by atoms with Crippen molar-refractivity contribution in [1.82, 2.24) is 20.4 Å². The summed E-state index contributed by atoms with van der Waals surface area (Å²) >= 11 is 0. The van der Waals surface area contributed by atoms with Crippen LogP contribution in [0.25, 0.3) is 0 Å². The van der Waals surface area contributed by atoms with Crippen LogP contribution < -0.4 is 10.2 Å². The molecule has 1 aromatic heterocycles. The Hall–Kier alpha value is -1.69. The molecule has 0 radical (unpaired) electrons. The number of carbonyl (C=O) groups excluding carboxylic acids is 1. The van der Waals surface area contributed by atoms with E-state index in [2.05, 4.69) is 32.4 Å². The number of hydrogen-bond acceptors (Lipinski definition) is 5. The Balaban J connectivity index is 1.46. The molecule has 2 saturated heterocycles. The highest BCUT2D eigenvalue weighted by molar-refractivity contribution is 5.79. The van der Waals surface area contributed by atoms with E-state index >= 15 is 0 Å². The maximum Gasteiger partial charge on any atom is 0.223 e. The van der Waals surface area contributed by atoms with Gasteiger partial charge in [-0.25, -0.2) is 0 Å². The highest BCUT2D eigenvalue weighted by atomic mass is 16.1. The van der Waals surface area contributed by atoms with Gasteiger partial charge in [-0.1, -0.05) is 0 Å². The Bertz CT molecular complexity index is 479. The number of aromatic nitrogens is 2. The zero-order valence-corrected chi connectivity index (χ0v) is 13.2. The van der Waals surface area contributed by atoms with Gasteiger partial charge in [-0.3, -0.25) is 4.79 Å². The molecule has 6 nitrogen and oxygen atoms in total. The zero-order valence-electron chi connectivity index (χ0n) is 13.2. The minimum Gasteiger partial charge on any atom is -0.355 e. The number of nitrogens with one attached hydrogen (secondary N) is 1. The fraction of sp³-hybridized carbons (Fsp3) is 0.688. The molecule has 2 aliphatic rings. The molecule has 1 aromatic rings. The topological polar surface area (TPSA) is 61.4 Å². The van der Waals surface area contributed by atoms with Crippen molar-refractivity contribution in [2.75, 3.05) is 38.1 Å². The molecular formula is C16H25N5O. The molecule has 0 spiro atoms. The number of amides is 1. The number of rotatable bonds is 3. The van der Waals surface area contributed by atoms with Gasteiger partial charge < -0.3 is 15.1 Å². The van der Waals surface area contributed by atoms with Crippen molar-refractivity contribution in [3.05, 3.63) is 18.3 Å². The van der Waals surface area contributed by atoms with Crippen LogP contribution in [0.3, 0.4) is 0 Å². The van der Waals surface area contributed by atoms with Crippen LogP contribution in [0.15, 0.2) is 18.3 Å². The summed E-state index contributed by atoms with van der Waals surface area (Å²) in [7, 11) is 2.14. The molecule has 0 atom stereocenters. The summed E-state index contributed by atoms with van der Waals surface area (Å²) in [6.07, 6.45) is 5.62. The Kier molecular flexibility index (Phi) is 4.87. The van der Waals surface area contributed by atoms with E-state index in [1.807, 2.05) is 12.1 Å². The molecule has 0 unspecified atom stereocenters. The molecule has 6 heteroatoms. The van der Waals surface area contributed by atoms with Crippen molar-refractivity contribution in [3.63, 3.8) is 0 Å². The summed E-state index contributed by atoms with van der Waals surface area (Å²) in [5, 5.41) is 11.3. The number of anilines is 1. The second-order valence-corrected chi connectivity index (χ2v) is 6.43. The highest BCUT2D eigenvalue weighted by Crippen LogP contribution is 2.22. The Labute approximate surface area is 131 Å². The summed E-state index contributed by atoms with van der Waals surface area (Å²) in [5.41, 5.74) is 0. The molecule has 3 heterocycles. The van der Waals surface area contributed by atoms with Gasteiger partial charge in [-0.05, 0) is 58.0 Å². The minimum absolute atomic E-state index is 0.146. The van der Waals surface area contributed by atoms with Crippen LogP contribution >= 0.6 is 0 Å². The number of carbonyl (C=O) groups is 1. The third-order valence-corrected chi connectivity index (χ3v) is 4.81. The van der Waals surface area contributed by atoms with E-state index in [1.165, 1.54) is 0 Å². The van der Waals surface area contributed by atoms with Gasteiger partial charge in [0.1, 0.15) is 0 Å². The van der Waals surface area contributed by atoms with Crippen molar-refractivity contribution in [3.8, 4) is 0 Å². The van der Waals surface area contributed by atoms with Gasteiger partial charge in [-0.2, -0.15) is 5.10 Å². The zero-order chi connectivity index (χ0) is 15.4. The fourth-order valence-electron chi connectivity index (χ4n) is 3.30. The van der Waals surface area contributed by atoms with Gasteiger partial charge in [0.05, 0.1) is 0 Å². The predicted octanol–water partition coefficient (Wildman–Crippen LogP) is 0.903. The van der Waals surface area contributed by atoms with Crippen LogP contribution in [-0.2, 0) is 4.79 Å². The minimum atomic E-state index is 0.146. The largest absolute Gasteiger partial charge is 0.355 e. The molecule has 0 bridgehead atoms. The molecule has 1 amide bonds. The lowest BCUT2D eigenvalue weighted by molar-refractivity contribution is -0.126. The first-order chi connectivity index (χ1) is 10.7. The molecule has 0 aliphatic carbocycles. The molecule has 3 rings (SSSR count). The van der Waals surface area contributed by atoms with Crippen molar-refractivity contribution in [1.29, 1.82) is 0 Å². The molecule has 2 fully saturated rings. The summed E-state index contributed by atoms with van der Waals surface area (Å²) in [6.45, 7) is 3.92. The van der Waals surface area contributed by atoms with Gasteiger partial charge in [0.25, 0.3) is 0 Å². The van der Waals surface area contributed by atoms with Crippen molar-refractivity contribution in [2.24, 2.45) is 5.92 Å². The maximum atomic E-state index is 12.4.